The average molecular weight is 233 g/mol. The van der Waals surface area contributed by atoms with Crippen molar-refractivity contribution in [2.24, 2.45) is 0 Å². The highest BCUT2D eigenvalue weighted by atomic mass is 19.1. The molecule has 0 saturated carbocycles. The van der Waals surface area contributed by atoms with Gasteiger partial charge >= 0.3 is 7.48 Å². The van der Waals surface area contributed by atoms with Gasteiger partial charge in [-0.1, -0.05) is 17.6 Å². The third kappa shape index (κ3) is 2.82. The fraction of sp³-hybridized carbons (Fsp3) is 0. The van der Waals surface area contributed by atoms with Crippen molar-refractivity contribution in [3.63, 3.8) is 0 Å². The molecule has 85 valence electrons. The van der Waals surface area contributed by atoms with Crippen molar-refractivity contribution in [2.75, 3.05) is 0 Å². The molecule has 0 spiro atoms. The van der Waals surface area contributed by atoms with Crippen molar-refractivity contribution >= 4 is 12.9 Å². The summed E-state index contributed by atoms with van der Waals surface area (Å²) in [6.07, 6.45) is 0. The van der Waals surface area contributed by atoms with E-state index in [-0.39, 0.29) is 11.5 Å². The summed E-state index contributed by atoms with van der Waals surface area (Å²) < 4.78 is 31.5. The molecular formula is C12H8BF2O2. The van der Waals surface area contributed by atoms with E-state index < -0.39 is 11.6 Å². The summed E-state index contributed by atoms with van der Waals surface area (Å²) in [7, 11) is 0.787. The zero-order chi connectivity index (χ0) is 12.3. The Morgan fingerprint density at radius 1 is 1.06 bits per heavy atom. The number of ether oxygens (including phenoxy) is 1. The molecule has 2 aromatic rings. The van der Waals surface area contributed by atoms with Crippen LogP contribution in [0.25, 0.3) is 0 Å². The number of halogens is 2. The fourth-order valence-corrected chi connectivity index (χ4v) is 1.34. The molecule has 1 N–H and O–H groups in total. The van der Waals surface area contributed by atoms with E-state index in [0.29, 0.717) is 5.46 Å². The monoisotopic (exact) mass is 233 g/mol. The lowest BCUT2D eigenvalue weighted by molar-refractivity contribution is 0.439. The first-order valence-corrected chi connectivity index (χ1v) is 4.89. The molecule has 0 aliphatic carbocycles. The summed E-state index contributed by atoms with van der Waals surface area (Å²) in [5.41, 5.74) is 0.328. The number of rotatable bonds is 3. The van der Waals surface area contributed by atoms with E-state index in [1.54, 1.807) is 0 Å². The van der Waals surface area contributed by atoms with Crippen LogP contribution < -0.4 is 10.2 Å². The first-order valence-electron chi connectivity index (χ1n) is 4.89. The lowest BCUT2D eigenvalue weighted by Gasteiger charge is -2.07. The van der Waals surface area contributed by atoms with Gasteiger partial charge in [0.1, 0.15) is 11.6 Å². The Morgan fingerprint density at radius 2 is 1.88 bits per heavy atom. The van der Waals surface area contributed by atoms with E-state index >= 15 is 0 Å². The van der Waals surface area contributed by atoms with Gasteiger partial charge in [0.05, 0.1) is 0 Å². The van der Waals surface area contributed by atoms with Gasteiger partial charge in [-0.05, 0) is 24.3 Å². The Hall–Kier alpha value is -1.88. The van der Waals surface area contributed by atoms with Crippen LogP contribution in [0, 0.1) is 11.6 Å². The molecule has 0 unspecified atom stereocenters. The van der Waals surface area contributed by atoms with Gasteiger partial charge in [0.15, 0.2) is 11.6 Å². The number of hydrogen-bond donors (Lipinski definition) is 1. The first kappa shape index (κ1) is 11.6. The van der Waals surface area contributed by atoms with Gasteiger partial charge in [0.25, 0.3) is 0 Å². The van der Waals surface area contributed by atoms with Gasteiger partial charge in [-0.15, -0.1) is 0 Å². The molecule has 0 aliphatic heterocycles. The first-order chi connectivity index (χ1) is 8.19. The third-order valence-corrected chi connectivity index (χ3v) is 2.13. The molecule has 0 heterocycles. The van der Waals surface area contributed by atoms with Crippen molar-refractivity contribution in [2.45, 2.75) is 0 Å². The van der Waals surface area contributed by atoms with Gasteiger partial charge in [-0.2, -0.15) is 0 Å². The molecule has 2 rings (SSSR count). The van der Waals surface area contributed by atoms with Crippen molar-refractivity contribution in [1.29, 1.82) is 0 Å². The van der Waals surface area contributed by atoms with Gasteiger partial charge in [-0.25, -0.2) is 8.78 Å². The van der Waals surface area contributed by atoms with Crippen LogP contribution >= 0.6 is 0 Å². The summed E-state index contributed by atoms with van der Waals surface area (Å²) in [6, 6.07) is 9.39. The topological polar surface area (TPSA) is 29.5 Å². The van der Waals surface area contributed by atoms with Crippen LogP contribution in [0.4, 0.5) is 8.78 Å². The van der Waals surface area contributed by atoms with Crippen LogP contribution in [0.1, 0.15) is 0 Å². The summed E-state index contributed by atoms with van der Waals surface area (Å²) >= 11 is 0. The van der Waals surface area contributed by atoms with E-state index in [1.165, 1.54) is 30.3 Å². The van der Waals surface area contributed by atoms with Crippen LogP contribution in [0.2, 0.25) is 0 Å². The van der Waals surface area contributed by atoms with Crippen LogP contribution in [-0.4, -0.2) is 12.5 Å². The maximum absolute atomic E-state index is 13.5. The Labute approximate surface area is 97.7 Å². The third-order valence-electron chi connectivity index (χ3n) is 2.13. The quantitative estimate of drug-likeness (QED) is 0.821. The van der Waals surface area contributed by atoms with E-state index in [1.807, 2.05) is 0 Å². The summed E-state index contributed by atoms with van der Waals surface area (Å²) in [5.74, 6) is -0.897. The number of benzene rings is 2. The molecular weight excluding hydrogens is 225 g/mol. The second kappa shape index (κ2) is 4.97. The minimum absolute atomic E-state index is 0.0267. The van der Waals surface area contributed by atoms with E-state index in [2.05, 4.69) is 0 Å². The second-order valence-electron chi connectivity index (χ2n) is 3.38. The molecule has 0 amide bonds. The molecule has 0 saturated heterocycles. The largest absolute Gasteiger partial charge is 0.454 e. The van der Waals surface area contributed by atoms with E-state index in [4.69, 9.17) is 9.76 Å². The van der Waals surface area contributed by atoms with Gasteiger partial charge < -0.3 is 9.76 Å². The lowest BCUT2D eigenvalue weighted by atomic mass is 9.89. The molecule has 17 heavy (non-hydrogen) atoms. The molecule has 0 bridgehead atoms. The predicted molar refractivity (Wildman–Crippen MR) is 60.5 cm³/mol. The van der Waals surface area contributed by atoms with Crippen LogP contribution in [0.3, 0.4) is 0 Å². The Balaban J connectivity index is 2.24. The minimum atomic E-state index is -0.628. The highest BCUT2D eigenvalue weighted by Crippen LogP contribution is 2.23. The SMILES string of the molecule is O[B]c1ccc(Oc2cccc(F)c2)c(F)c1. The van der Waals surface area contributed by atoms with Gasteiger partial charge in [-0.3, -0.25) is 0 Å². The summed E-state index contributed by atoms with van der Waals surface area (Å²) in [4.78, 5) is 0. The van der Waals surface area contributed by atoms with Gasteiger partial charge in [0, 0.05) is 6.07 Å². The molecule has 2 aromatic carbocycles. The average Bonchev–Trinajstić information content (AvgIpc) is 2.32. The fourth-order valence-electron chi connectivity index (χ4n) is 1.34. The van der Waals surface area contributed by atoms with Crippen molar-refractivity contribution < 1.29 is 18.5 Å². The van der Waals surface area contributed by atoms with Crippen molar-refractivity contribution in [3.8, 4) is 11.5 Å². The molecule has 0 aromatic heterocycles. The molecule has 1 radical (unpaired) electrons. The predicted octanol–water partition coefficient (Wildman–Crippen LogP) is 1.99. The molecule has 0 atom stereocenters. The highest BCUT2D eigenvalue weighted by Gasteiger charge is 2.06. The summed E-state index contributed by atoms with van der Waals surface area (Å²) in [6.45, 7) is 0. The smallest absolute Gasteiger partial charge is 0.326 e. The zero-order valence-corrected chi connectivity index (χ0v) is 8.73. The molecule has 5 heteroatoms. The van der Waals surface area contributed by atoms with E-state index in [9.17, 15) is 8.78 Å². The molecule has 0 fully saturated rings. The van der Waals surface area contributed by atoms with Gasteiger partial charge in [0.2, 0.25) is 0 Å². The van der Waals surface area contributed by atoms with E-state index in [0.717, 1.165) is 19.6 Å². The van der Waals surface area contributed by atoms with Crippen LogP contribution in [-0.2, 0) is 0 Å². The standard InChI is InChI=1S/C12H8BF2O2/c14-9-2-1-3-10(7-9)17-12-5-4-8(13-16)6-11(12)15/h1-7,16H. The normalized spacial score (nSPS) is 10.1. The maximum atomic E-state index is 13.5. The second-order valence-corrected chi connectivity index (χ2v) is 3.38. The molecule has 2 nitrogen and oxygen atoms in total. The number of hydrogen-bond acceptors (Lipinski definition) is 2. The Bertz CT molecular complexity index is 532. The Morgan fingerprint density at radius 3 is 2.53 bits per heavy atom. The van der Waals surface area contributed by atoms with Crippen LogP contribution in [0.5, 0.6) is 11.5 Å². The zero-order valence-electron chi connectivity index (χ0n) is 8.73. The highest BCUT2D eigenvalue weighted by molar-refractivity contribution is 6.45. The summed E-state index contributed by atoms with van der Waals surface area (Å²) in [5, 5.41) is 8.70. The maximum Gasteiger partial charge on any atom is 0.326 e. The molecule has 0 aliphatic rings. The van der Waals surface area contributed by atoms with Crippen molar-refractivity contribution in [3.05, 3.63) is 54.1 Å². The van der Waals surface area contributed by atoms with Crippen molar-refractivity contribution in [1.82, 2.24) is 0 Å². The Kier molecular flexibility index (Phi) is 3.39. The lowest BCUT2D eigenvalue weighted by Crippen LogP contribution is -2.13. The van der Waals surface area contributed by atoms with Crippen LogP contribution in [0.15, 0.2) is 42.5 Å². The minimum Gasteiger partial charge on any atom is -0.454 e.